The molecule has 0 aliphatic carbocycles. The lowest BCUT2D eigenvalue weighted by Gasteiger charge is -2.06. The van der Waals surface area contributed by atoms with Gasteiger partial charge in [-0.25, -0.2) is 0 Å². The van der Waals surface area contributed by atoms with Gasteiger partial charge in [-0.3, -0.25) is 4.79 Å². The highest BCUT2D eigenvalue weighted by molar-refractivity contribution is 6.02. The van der Waals surface area contributed by atoms with E-state index in [0.717, 1.165) is 11.1 Å². The maximum Gasteiger partial charge on any atom is 0.291 e. The average molecular weight is 413 g/mol. The molecule has 1 aromatic heterocycles. The lowest BCUT2D eigenvalue weighted by Crippen LogP contribution is -2.10. The molecule has 0 saturated heterocycles. The van der Waals surface area contributed by atoms with Gasteiger partial charge in [-0.1, -0.05) is 42.5 Å². The Kier molecular flexibility index (Phi) is 5.02. The molecule has 0 spiro atoms. The van der Waals surface area contributed by atoms with Gasteiger partial charge in [0.15, 0.2) is 17.3 Å². The number of nitrogens with one attached hydrogen (secondary N) is 1. The minimum Gasteiger partial charge on any atom is -0.486 e. The molecule has 4 aromatic rings. The predicted octanol–water partition coefficient (Wildman–Crippen LogP) is 5.51. The molecule has 0 saturated carbocycles. The van der Waals surface area contributed by atoms with Crippen LogP contribution in [0.3, 0.4) is 0 Å². The van der Waals surface area contributed by atoms with Crippen LogP contribution in [0.15, 0.2) is 89.3 Å². The van der Waals surface area contributed by atoms with Crippen molar-refractivity contribution in [3.05, 3.63) is 96.4 Å². The van der Waals surface area contributed by atoms with Crippen LogP contribution in [0.5, 0.6) is 17.2 Å². The second kappa shape index (κ2) is 8.28. The maximum atomic E-state index is 12.5. The SMILES string of the molecule is O=C(Nc1ccc(-c2ccccc2)cc1)c1ccc(COc2ccc3c(c2)OCO3)o1. The maximum absolute atomic E-state index is 12.5. The number of furan rings is 1. The van der Waals surface area contributed by atoms with Crippen molar-refractivity contribution in [3.63, 3.8) is 0 Å². The molecule has 3 aromatic carbocycles. The van der Waals surface area contributed by atoms with Crippen molar-refractivity contribution in [2.45, 2.75) is 6.61 Å². The zero-order chi connectivity index (χ0) is 21.0. The number of rotatable bonds is 6. The summed E-state index contributed by atoms with van der Waals surface area (Å²) in [5.74, 6) is 2.42. The second-order valence-electron chi connectivity index (χ2n) is 6.97. The van der Waals surface area contributed by atoms with E-state index in [9.17, 15) is 4.79 Å². The third-order valence-electron chi connectivity index (χ3n) is 4.86. The number of hydrogen-bond acceptors (Lipinski definition) is 5. The fourth-order valence-electron chi connectivity index (χ4n) is 3.27. The van der Waals surface area contributed by atoms with Gasteiger partial charge in [-0.15, -0.1) is 0 Å². The minimum absolute atomic E-state index is 0.193. The lowest BCUT2D eigenvalue weighted by atomic mass is 10.1. The Hall–Kier alpha value is -4.19. The summed E-state index contributed by atoms with van der Waals surface area (Å²) >= 11 is 0. The first-order chi connectivity index (χ1) is 15.2. The van der Waals surface area contributed by atoms with Gasteiger partial charge in [0.2, 0.25) is 6.79 Å². The van der Waals surface area contributed by atoms with Crippen molar-refractivity contribution in [1.29, 1.82) is 0 Å². The van der Waals surface area contributed by atoms with Crippen LogP contribution < -0.4 is 19.5 Å². The molecule has 1 N–H and O–H groups in total. The van der Waals surface area contributed by atoms with Crippen LogP contribution in [0.2, 0.25) is 0 Å². The van der Waals surface area contributed by atoms with Gasteiger partial charge in [-0.2, -0.15) is 0 Å². The van der Waals surface area contributed by atoms with E-state index in [4.69, 9.17) is 18.6 Å². The summed E-state index contributed by atoms with van der Waals surface area (Å²) in [6, 6.07) is 26.4. The molecule has 5 rings (SSSR count). The fraction of sp³-hybridized carbons (Fsp3) is 0.0800. The van der Waals surface area contributed by atoms with Crippen LogP contribution in [-0.2, 0) is 6.61 Å². The molecule has 6 heteroatoms. The van der Waals surface area contributed by atoms with Crippen LogP contribution in [0.25, 0.3) is 11.1 Å². The van der Waals surface area contributed by atoms with Gasteiger partial charge in [0, 0.05) is 11.8 Å². The first-order valence-electron chi connectivity index (χ1n) is 9.83. The molecule has 1 amide bonds. The molecule has 31 heavy (non-hydrogen) atoms. The Bertz CT molecular complexity index is 1200. The second-order valence-corrected chi connectivity index (χ2v) is 6.97. The molecule has 0 radical (unpaired) electrons. The number of carbonyl (C=O) groups excluding carboxylic acids is 1. The van der Waals surface area contributed by atoms with E-state index < -0.39 is 0 Å². The molecule has 1 aliphatic heterocycles. The molecule has 0 bridgehead atoms. The summed E-state index contributed by atoms with van der Waals surface area (Å²) in [6.07, 6.45) is 0. The summed E-state index contributed by atoms with van der Waals surface area (Å²) in [4.78, 5) is 12.5. The van der Waals surface area contributed by atoms with Gasteiger partial charge in [0.05, 0.1) is 0 Å². The van der Waals surface area contributed by atoms with Crippen molar-refractivity contribution in [3.8, 4) is 28.4 Å². The van der Waals surface area contributed by atoms with E-state index in [-0.39, 0.29) is 25.1 Å². The van der Waals surface area contributed by atoms with E-state index >= 15 is 0 Å². The molecular weight excluding hydrogens is 394 g/mol. The Labute approximate surface area is 179 Å². The number of benzene rings is 3. The average Bonchev–Trinajstić information content (AvgIpc) is 3.48. The Morgan fingerprint density at radius 3 is 2.45 bits per heavy atom. The summed E-state index contributed by atoms with van der Waals surface area (Å²) < 4.78 is 22.0. The highest BCUT2D eigenvalue weighted by Crippen LogP contribution is 2.35. The normalized spacial score (nSPS) is 11.9. The number of ether oxygens (including phenoxy) is 3. The van der Waals surface area contributed by atoms with Gasteiger partial charge >= 0.3 is 0 Å². The van der Waals surface area contributed by atoms with Crippen LogP contribution in [-0.4, -0.2) is 12.7 Å². The molecule has 6 nitrogen and oxygen atoms in total. The number of amides is 1. The molecule has 0 unspecified atom stereocenters. The van der Waals surface area contributed by atoms with E-state index in [2.05, 4.69) is 5.32 Å². The zero-order valence-electron chi connectivity index (χ0n) is 16.5. The van der Waals surface area contributed by atoms with Crippen molar-refractivity contribution in [1.82, 2.24) is 0 Å². The van der Waals surface area contributed by atoms with Gasteiger partial charge in [-0.05, 0) is 47.5 Å². The molecule has 0 atom stereocenters. The van der Waals surface area contributed by atoms with Crippen LogP contribution >= 0.6 is 0 Å². The Balaban J connectivity index is 1.19. The van der Waals surface area contributed by atoms with E-state index in [1.807, 2.05) is 54.6 Å². The number of hydrogen-bond donors (Lipinski definition) is 1. The van der Waals surface area contributed by atoms with Gasteiger partial charge in [0.25, 0.3) is 5.91 Å². The highest BCUT2D eigenvalue weighted by Gasteiger charge is 2.15. The quantitative estimate of drug-likeness (QED) is 0.452. The number of anilines is 1. The van der Waals surface area contributed by atoms with Gasteiger partial charge in [0.1, 0.15) is 18.1 Å². The molecule has 0 fully saturated rings. The van der Waals surface area contributed by atoms with E-state index in [0.29, 0.717) is 28.7 Å². The molecule has 154 valence electrons. The largest absolute Gasteiger partial charge is 0.486 e. The van der Waals surface area contributed by atoms with Gasteiger partial charge < -0.3 is 23.9 Å². The lowest BCUT2D eigenvalue weighted by molar-refractivity contribution is 0.0992. The van der Waals surface area contributed by atoms with Crippen molar-refractivity contribution in [2.24, 2.45) is 0 Å². The minimum atomic E-state index is -0.318. The fourth-order valence-corrected chi connectivity index (χ4v) is 3.27. The van der Waals surface area contributed by atoms with E-state index in [1.165, 1.54) is 0 Å². The summed E-state index contributed by atoms with van der Waals surface area (Å²) in [5.41, 5.74) is 2.90. The van der Waals surface area contributed by atoms with Crippen molar-refractivity contribution < 1.29 is 23.4 Å². The smallest absolute Gasteiger partial charge is 0.291 e. The van der Waals surface area contributed by atoms with E-state index in [1.54, 1.807) is 30.3 Å². The summed E-state index contributed by atoms with van der Waals surface area (Å²) in [7, 11) is 0. The predicted molar refractivity (Wildman–Crippen MR) is 115 cm³/mol. The first kappa shape index (κ1) is 18.8. The van der Waals surface area contributed by atoms with Crippen molar-refractivity contribution >= 4 is 11.6 Å². The molecule has 1 aliphatic rings. The third kappa shape index (κ3) is 4.23. The zero-order valence-corrected chi connectivity index (χ0v) is 16.5. The molecular formula is C25H19NO5. The van der Waals surface area contributed by atoms with Crippen LogP contribution in [0, 0.1) is 0 Å². The summed E-state index contributed by atoms with van der Waals surface area (Å²) in [6.45, 7) is 0.406. The highest BCUT2D eigenvalue weighted by atomic mass is 16.7. The number of fused-ring (bicyclic) bond motifs is 1. The number of carbonyl (C=O) groups is 1. The van der Waals surface area contributed by atoms with Crippen LogP contribution in [0.4, 0.5) is 5.69 Å². The Morgan fingerprint density at radius 1 is 0.839 bits per heavy atom. The van der Waals surface area contributed by atoms with Crippen LogP contribution in [0.1, 0.15) is 16.3 Å². The first-order valence-corrected chi connectivity index (χ1v) is 9.83. The van der Waals surface area contributed by atoms with Crippen molar-refractivity contribution in [2.75, 3.05) is 12.1 Å². The third-order valence-corrected chi connectivity index (χ3v) is 4.86. The standard InChI is InChI=1S/C25H19NO5/c27-25(26-19-8-6-18(7-9-19)17-4-2-1-3-5-17)23-13-11-21(31-23)15-28-20-10-12-22-24(14-20)30-16-29-22/h1-14H,15-16H2,(H,26,27). The summed E-state index contributed by atoms with van der Waals surface area (Å²) in [5, 5.41) is 2.85. The monoisotopic (exact) mass is 413 g/mol. The molecule has 2 heterocycles. The topological polar surface area (TPSA) is 69.9 Å². The Morgan fingerprint density at radius 2 is 1.61 bits per heavy atom.